The van der Waals surface area contributed by atoms with Gasteiger partial charge in [0.2, 0.25) is 15.8 Å². The molecule has 0 bridgehead atoms. The normalized spacial score (nSPS) is 11.5. The molecule has 0 fully saturated rings. The molecule has 0 aliphatic heterocycles. The maximum absolute atomic E-state index is 14.0. The molecular weight excluding hydrogens is 486 g/mol. The second-order valence-electron chi connectivity index (χ2n) is 7.13. The third-order valence-electron chi connectivity index (χ3n) is 4.83. The summed E-state index contributed by atoms with van der Waals surface area (Å²) in [6, 6.07) is 8.92. The first-order valence-corrected chi connectivity index (χ1v) is 12.0. The number of imidazole rings is 1. The van der Waals surface area contributed by atoms with Gasteiger partial charge < -0.3 is 15.6 Å². The Hall–Kier alpha value is -3.68. The number of nitrogens with zero attached hydrogens (tertiary/aromatic N) is 3. The van der Waals surface area contributed by atoms with Gasteiger partial charge in [0.1, 0.15) is 22.3 Å². The van der Waals surface area contributed by atoms with Crippen LogP contribution in [0.3, 0.4) is 0 Å². The van der Waals surface area contributed by atoms with Crippen molar-refractivity contribution in [3.63, 3.8) is 0 Å². The van der Waals surface area contributed by atoms with Crippen molar-refractivity contribution in [3.8, 4) is 0 Å². The zero-order valence-corrected chi connectivity index (χ0v) is 19.3. The van der Waals surface area contributed by atoms with Gasteiger partial charge in [-0.05, 0) is 36.4 Å². The first-order valence-electron chi connectivity index (χ1n) is 9.72. The lowest BCUT2D eigenvalue weighted by Crippen LogP contribution is -2.24. The molecule has 0 amide bonds. The van der Waals surface area contributed by atoms with Crippen LogP contribution in [0.4, 0.5) is 25.4 Å². The largest absolute Gasteiger partial charge is 0.382 e. The van der Waals surface area contributed by atoms with Gasteiger partial charge >= 0.3 is 0 Å². The van der Waals surface area contributed by atoms with Gasteiger partial charge in [-0.1, -0.05) is 17.4 Å². The average Bonchev–Trinajstić information content (AvgIpc) is 3.37. The molecule has 0 spiro atoms. The summed E-state index contributed by atoms with van der Waals surface area (Å²) in [7, 11) is -2.00. The van der Waals surface area contributed by atoms with E-state index in [1.165, 1.54) is 24.3 Å². The Bertz CT molecular complexity index is 1450. The average molecular weight is 505 g/mol. The van der Waals surface area contributed by atoms with Gasteiger partial charge in [-0.25, -0.2) is 31.9 Å². The summed E-state index contributed by atoms with van der Waals surface area (Å²) in [5.41, 5.74) is 6.25. The smallest absolute Gasteiger partial charge is 0.240 e. The topological polar surface area (TPSA) is 132 Å². The van der Waals surface area contributed by atoms with Crippen LogP contribution in [0.25, 0.3) is 0 Å². The van der Waals surface area contributed by atoms with Crippen LogP contribution in [0, 0.1) is 11.6 Å². The van der Waals surface area contributed by atoms with Gasteiger partial charge in [0.05, 0.1) is 29.0 Å². The van der Waals surface area contributed by atoms with Crippen molar-refractivity contribution < 1.29 is 22.0 Å². The molecule has 176 valence electrons. The number of aryl methyl sites for hydroxylation is 1. The van der Waals surface area contributed by atoms with E-state index >= 15 is 0 Å². The first-order chi connectivity index (χ1) is 16.2. The van der Waals surface area contributed by atoms with Crippen molar-refractivity contribution in [2.24, 2.45) is 7.05 Å². The number of hydrogen-bond acceptors (Lipinski definition) is 8. The van der Waals surface area contributed by atoms with Crippen LogP contribution in [-0.4, -0.2) is 28.7 Å². The Morgan fingerprint density at radius 3 is 2.44 bits per heavy atom. The summed E-state index contributed by atoms with van der Waals surface area (Å²) in [5.74, 6) is -3.10. The summed E-state index contributed by atoms with van der Waals surface area (Å²) >= 11 is 0.823. The SMILES string of the molecule is Cn1cncc1CNS(=O)(=O)c1ccc(Nc2nc(N)c(C(=O)c3c(F)cccc3F)s2)cc1. The number of aromatic nitrogens is 3. The number of thiazole rings is 1. The fourth-order valence-electron chi connectivity index (χ4n) is 3.02. The molecule has 4 rings (SSSR count). The fourth-order valence-corrected chi connectivity index (χ4v) is 4.87. The summed E-state index contributed by atoms with van der Waals surface area (Å²) in [6.07, 6.45) is 3.14. The number of nitrogens with one attached hydrogen (secondary N) is 2. The number of carbonyl (C=O) groups excluding carboxylic acids is 1. The number of nitrogen functional groups attached to an aromatic ring is 1. The Morgan fingerprint density at radius 2 is 1.82 bits per heavy atom. The highest BCUT2D eigenvalue weighted by molar-refractivity contribution is 7.89. The lowest BCUT2D eigenvalue weighted by Gasteiger charge is -2.08. The maximum atomic E-state index is 14.0. The predicted octanol–water partition coefficient (Wildman–Crippen LogP) is 3.19. The third kappa shape index (κ3) is 4.81. The van der Waals surface area contributed by atoms with Crippen molar-refractivity contribution in [1.82, 2.24) is 19.3 Å². The molecule has 4 N–H and O–H groups in total. The molecule has 0 aliphatic carbocycles. The fraction of sp³-hybridized carbons (Fsp3) is 0.0952. The van der Waals surface area contributed by atoms with E-state index in [0.29, 0.717) is 11.4 Å². The standard InChI is InChI=1S/C21H18F2N6O3S2/c1-29-11-25-9-13(29)10-26-34(31,32)14-7-5-12(6-8-14)27-21-28-20(24)19(33-21)18(30)17-15(22)3-2-4-16(17)23/h2-9,11,26H,10,24H2,1H3,(H,27,28). The predicted molar refractivity (Wildman–Crippen MR) is 123 cm³/mol. The quantitative estimate of drug-likeness (QED) is 0.314. The monoisotopic (exact) mass is 504 g/mol. The molecule has 2 aromatic heterocycles. The Labute approximate surface area is 197 Å². The Morgan fingerprint density at radius 1 is 1.15 bits per heavy atom. The molecule has 0 saturated carbocycles. The van der Waals surface area contributed by atoms with Gasteiger partial charge in [0.25, 0.3) is 0 Å². The van der Waals surface area contributed by atoms with E-state index in [1.807, 2.05) is 0 Å². The molecule has 34 heavy (non-hydrogen) atoms. The second-order valence-corrected chi connectivity index (χ2v) is 9.90. The molecule has 0 saturated heterocycles. The van der Waals surface area contributed by atoms with E-state index < -0.39 is 33.0 Å². The molecule has 9 nitrogen and oxygen atoms in total. The Kier molecular flexibility index (Phi) is 6.41. The van der Waals surface area contributed by atoms with E-state index in [2.05, 4.69) is 20.0 Å². The van der Waals surface area contributed by atoms with Crippen LogP contribution < -0.4 is 15.8 Å². The highest BCUT2D eigenvalue weighted by atomic mass is 32.2. The van der Waals surface area contributed by atoms with Gasteiger partial charge in [-0.15, -0.1) is 0 Å². The van der Waals surface area contributed by atoms with Gasteiger partial charge in [0, 0.05) is 18.9 Å². The number of sulfonamides is 1. The van der Waals surface area contributed by atoms with Crippen molar-refractivity contribution in [2.75, 3.05) is 11.1 Å². The minimum absolute atomic E-state index is 0.0461. The molecule has 0 unspecified atom stereocenters. The molecule has 4 aromatic rings. The highest BCUT2D eigenvalue weighted by Crippen LogP contribution is 2.31. The second kappa shape index (κ2) is 9.29. The van der Waals surface area contributed by atoms with Crippen molar-refractivity contribution in [1.29, 1.82) is 0 Å². The van der Waals surface area contributed by atoms with E-state index in [4.69, 9.17) is 5.73 Å². The van der Waals surface area contributed by atoms with Gasteiger partial charge in [-0.3, -0.25) is 4.79 Å². The van der Waals surface area contributed by atoms with E-state index in [9.17, 15) is 22.0 Å². The third-order valence-corrected chi connectivity index (χ3v) is 7.23. The lowest BCUT2D eigenvalue weighted by atomic mass is 10.1. The number of hydrogen-bond donors (Lipinski definition) is 3. The molecule has 0 atom stereocenters. The zero-order valence-electron chi connectivity index (χ0n) is 17.6. The lowest BCUT2D eigenvalue weighted by molar-refractivity contribution is 0.103. The van der Waals surface area contributed by atoms with Crippen molar-refractivity contribution in [2.45, 2.75) is 11.4 Å². The molecule has 0 radical (unpaired) electrons. The molecular formula is C21H18F2N6O3S2. The number of anilines is 3. The molecule has 13 heteroatoms. The van der Waals surface area contributed by atoms with Crippen LogP contribution in [0.2, 0.25) is 0 Å². The van der Waals surface area contributed by atoms with Crippen molar-refractivity contribution >= 4 is 43.8 Å². The molecule has 2 heterocycles. The summed E-state index contributed by atoms with van der Waals surface area (Å²) in [6.45, 7) is 0.0800. The minimum atomic E-state index is -3.76. The first kappa shape index (κ1) is 23.5. The maximum Gasteiger partial charge on any atom is 0.240 e. The summed E-state index contributed by atoms with van der Waals surface area (Å²) < 4.78 is 57.2. The highest BCUT2D eigenvalue weighted by Gasteiger charge is 2.24. The molecule has 2 aromatic carbocycles. The number of ketones is 1. The number of carbonyl (C=O) groups is 1. The van der Waals surface area contributed by atoms with Gasteiger partial charge in [-0.2, -0.15) is 0 Å². The van der Waals surface area contributed by atoms with Crippen molar-refractivity contribution in [3.05, 3.63) is 82.8 Å². The summed E-state index contributed by atoms with van der Waals surface area (Å²) in [5, 5.41) is 3.10. The van der Waals surface area contributed by atoms with Crippen LogP contribution >= 0.6 is 11.3 Å². The number of nitrogens with two attached hydrogens (primary N) is 1. The number of halogens is 2. The zero-order chi connectivity index (χ0) is 24.5. The van der Waals surface area contributed by atoms with E-state index in [0.717, 1.165) is 29.5 Å². The van der Waals surface area contributed by atoms with E-state index in [-0.39, 0.29) is 27.3 Å². The van der Waals surface area contributed by atoms with E-state index in [1.54, 1.807) is 24.1 Å². The van der Waals surface area contributed by atoms with Crippen LogP contribution in [0.5, 0.6) is 0 Å². The van der Waals surface area contributed by atoms with Crippen LogP contribution in [0.1, 0.15) is 20.9 Å². The summed E-state index contributed by atoms with van der Waals surface area (Å²) in [4.78, 5) is 20.5. The minimum Gasteiger partial charge on any atom is -0.382 e. The van der Waals surface area contributed by atoms with Crippen LogP contribution in [-0.2, 0) is 23.6 Å². The number of benzene rings is 2. The number of rotatable bonds is 8. The Balaban J connectivity index is 1.48. The van der Waals surface area contributed by atoms with Gasteiger partial charge in [0.15, 0.2) is 5.13 Å². The molecule has 0 aliphatic rings. The van der Waals surface area contributed by atoms with Crippen LogP contribution in [0.15, 0.2) is 59.9 Å².